The third-order valence-electron chi connectivity index (χ3n) is 4.21. The number of hydrogen-bond donors (Lipinski definition) is 0. The summed E-state index contributed by atoms with van der Waals surface area (Å²) >= 11 is 0. The fourth-order valence-corrected chi connectivity index (χ4v) is 3.99. The summed E-state index contributed by atoms with van der Waals surface area (Å²) < 4.78 is 6.49. The standard InChI is InChI=1S/C17H32OSi2/c1-17(2,3)20(7,8)18-16-12-11-15(14-16)10-9-13-19(4,5)6/h11,16H,10,12,14H2,1-8H3. The van der Waals surface area contributed by atoms with E-state index in [1.165, 1.54) is 5.57 Å². The summed E-state index contributed by atoms with van der Waals surface area (Å²) in [6.07, 6.45) is 5.88. The number of hydrogen-bond acceptors (Lipinski definition) is 1. The third-order valence-corrected chi connectivity index (χ3v) is 9.67. The molecule has 1 atom stereocenters. The highest BCUT2D eigenvalue weighted by molar-refractivity contribution is 6.83. The van der Waals surface area contributed by atoms with Crippen molar-refractivity contribution in [3.8, 4) is 11.5 Å². The molecule has 0 fully saturated rings. The lowest BCUT2D eigenvalue weighted by molar-refractivity contribution is 0.192. The van der Waals surface area contributed by atoms with Gasteiger partial charge < -0.3 is 4.43 Å². The molecule has 0 radical (unpaired) electrons. The Kier molecular flexibility index (Phi) is 5.51. The first kappa shape index (κ1) is 17.7. The second-order valence-corrected chi connectivity index (χ2v) is 18.0. The van der Waals surface area contributed by atoms with Gasteiger partial charge in [-0.25, -0.2) is 0 Å². The van der Waals surface area contributed by atoms with Crippen LogP contribution < -0.4 is 0 Å². The van der Waals surface area contributed by atoms with E-state index in [-0.39, 0.29) is 0 Å². The minimum absolute atomic E-state index is 0.299. The summed E-state index contributed by atoms with van der Waals surface area (Å²) in [5.41, 5.74) is 4.94. The molecule has 1 nitrogen and oxygen atoms in total. The van der Waals surface area contributed by atoms with Gasteiger partial charge in [0.25, 0.3) is 0 Å². The normalized spacial score (nSPS) is 20.4. The van der Waals surface area contributed by atoms with Crippen molar-refractivity contribution in [1.82, 2.24) is 0 Å². The maximum Gasteiger partial charge on any atom is 0.192 e. The molecule has 0 amide bonds. The van der Waals surface area contributed by atoms with Gasteiger partial charge in [0, 0.05) is 6.42 Å². The van der Waals surface area contributed by atoms with Crippen LogP contribution in [-0.2, 0) is 4.43 Å². The molecule has 0 bridgehead atoms. The van der Waals surface area contributed by atoms with Gasteiger partial charge >= 0.3 is 0 Å². The Bertz CT molecular complexity index is 425. The zero-order valence-corrected chi connectivity index (χ0v) is 16.7. The van der Waals surface area contributed by atoms with Gasteiger partial charge in [-0.05, 0) is 31.0 Å². The molecule has 0 aromatic carbocycles. The minimum Gasteiger partial charge on any atom is -0.413 e. The molecule has 0 heterocycles. The van der Waals surface area contributed by atoms with Gasteiger partial charge in [0.2, 0.25) is 0 Å². The molecule has 0 saturated heterocycles. The molecule has 1 aliphatic carbocycles. The zero-order valence-electron chi connectivity index (χ0n) is 14.7. The van der Waals surface area contributed by atoms with Crippen LogP contribution in [0.4, 0.5) is 0 Å². The third kappa shape index (κ3) is 5.59. The van der Waals surface area contributed by atoms with E-state index in [1.807, 2.05) is 0 Å². The van der Waals surface area contributed by atoms with Crippen molar-refractivity contribution >= 4 is 16.4 Å². The highest BCUT2D eigenvalue weighted by atomic mass is 28.4. The highest BCUT2D eigenvalue weighted by Gasteiger charge is 2.39. The summed E-state index contributed by atoms with van der Waals surface area (Å²) in [5.74, 6) is 3.38. The largest absolute Gasteiger partial charge is 0.413 e. The summed E-state index contributed by atoms with van der Waals surface area (Å²) in [6, 6.07) is 0. The number of rotatable bonds is 3. The quantitative estimate of drug-likeness (QED) is 0.387. The van der Waals surface area contributed by atoms with E-state index in [9.17, 15) is 0 Å². The van der Waals surface area contributed by atoms with Crippen LogP contribution in [0.2, 0.25) is 37.8 Å². The van der Waals surface area contributed by atoms with Crippen LogP contribution >= 0.6 is 0 Å². The van der Waals surface area contributed by atoms with E-state index < -0.39 is 16.4 Å². The van der Waals surface area contributed by atoms with Crippen LogP contribution in [0.3, 0.4) is 0 Å². The first-order valence-electron chi connectivity index (χ1n) is 7.76. The maximum atomic E-state index is 6.49. The molecule has 114 valence electrons. The second-order valence-electron chi connectivity index (χ2n) is 8.53. The molecule has 1 aliphatic rings. The van der Waals surface area contributed by atoms with Gasteiger partial charge in [-0.15, -0.1) is 11.5 Å². The molecule has 1 unspecified atom stereocenters. The van der Waals surface area contributed by atoms with Gasteiger partial charge in [0.15, 0.2) is 8.32 Å². The van der Waals surface area contributed by atoms with E-state index in [1.54, 1.807) is 0 Å². The Labute approximate surface area is 128 Å². The average molecular weight is 309 g/mol. The van der Waals surface area contributed by atoms with Crippen molar-refractivity contribution in [3.63, 3.8) is 0 Å². The zero-order chi connectivity index (χ0) is 15.6. The Morgan fingerprint density at radius 2 is 1.80 bits per heavy atom. The SMILES string of the molecule is CC(C)(C)[Si](C)(C)OC1CC=C(CC#C[Si](C)(C)C)C1. The van der Waals surface area contributed by atoms with E-state index in [4.69, 9.17) is 4.43 Å². The highest BCUT2D eigenvalue weighted by Crippen LogP contribution is 2.39. The maximum absolute atomic E-state index is 6.49. The van der Waals surface area contributed by atoms with Gasteiger partial charge in [-0.1, -0.05) is 52.1 Å². The summed E-state index contributed by atoms with van der Waals surface area (Å²) in [6.45, 7) is 18.5. The lowest BCUT2D eigenvalue weighted by atomic mass is 10.1. The summed E-state index contributed by atoms with van der Waals surface area (Å²) in [7, 11) is -2.85. The predicted molar refractivity (Wildman–Crippen MR) is 95.1 cm³/mol. The van der Waals surface area contributed by atoms with E-state index >= 15 is 0 Å². The van der Waals surface area contributed by atoms with Crippen molar-refractivity contribution in [2.75, 3.05) is 0 Å². The van der Waals surface area contributed by atoms with E-state index in [0.717, 1.165) is 19.3 Å². The van der Waals surface area contributed by atoms with Crippen molar-refractivity contribution in [1.29, 1.82) is 0 Å². The first-order valence-corrected chi connectivity index (χ1v) is 14.2. The minimum atomic E-state index is -1.62. The second kappa shape index (κ2) is 6.21. The monoisotopic (exact) mass is 308 g/mol. The van der Waals surface area contributed by atoms with Gasteiger partial charge in [-0.2, -0.15) is 0 Å². The molecule has 20 heavy (non-hydrogen) atoms. The van der Waals surface area contributed by atoms with E-state index in [2.05, 4.69) is 71.0 Å². The Balaban J connectivity index is 2.49. The fourth-order valence-electron chi connectivity index (χ4n) is 2.01. The lowest BCUT2D eigenvalue weighted by Crippen LogP contribution is -2.43. The fraction of sp³-hybridized carbons (Fsp3) is 0.765. The molecule has 0 aromatic heterocycles. The Morgan fingerprint density at radius 1 is 1.20 bits per heavy atom. The molecule has 0 aromatic rings. The first-order chi connectivity index (χ1) is 8.91. The smallest absolute Gasteiger partial charge is 0.192 e. The predicted octanol–water partition coefficient (Wildman–Crippen LogP) is 5.37. The van der Waals surface area contributed by atoms with Crippen molar-refractivity contribution in [2.24, 2.45) is 0 Å². The molecular weight excluding hydrogens is 276 g/mol. The van der Waals surface area contributed by atoms with Gasteiger partial charge in [0.1, 0.15) is 8.07 Å². The average Bonchev–Trinajstić information content (AvgIpc) is 2.61. The van der Waals surface area contributed by atoms with Gasteiger partial charge in [0.05, 0.1) is 6.10 Å². The lowest BCUT2D eigenvalue weighted by Gasteiger charge is -2.38. The van der Waals surface area contributed by atoms with E-state index in [0.29, 0.717) is 11.1 Å². The van der Waals surface area contributed by atoms with Crippen molar-refractivity contribution in [2.45, 2.75) is 83.9 Å². The molecule has 1 rings (SSSR count). The molecule has 3 heteroatoms. The van der Waals surface area contributed by atoms with Crippen molar-refractivity contribution < 1.29 is 4.43 Å². The van der Waals surface area contributed by atoms with Crippen LogP contribution in [0.1, 0.15) is 40.0 Å². The van der Waals surface area contributed by atoms with Crippen LogP contribution in [0.5, 0.6) is 0 Å². The summed E-state index contributed by atoms with van der Waals surface area (Å²) in [5, 5.41) is 0.299. The van der Waals surface area contributed by atoms with Gasteiger partial charge in [-0.3, -0.25) is 0 Å². The van der Waals surface area contributed by atoms with Crippen LogP contribution in [0.15, 0.2) is 11.6 Å². The van der Waals surface area contributed by atoms with Crippen LogP contribution in [0.25, 0.3) is 0 Å². The molecule has 0 aliphatic heterocycles. The Morgan fingerprint density at radius 3 is 2.30 bits per heavy atom. The topological polar surface area (TPSA) is 9.23 Å². The molecule has 0 spiro atoms. The van der Waals surface area contributed by atoms with Crippen LogP contribution in [0, 0.1) is 11.5 Å². The van der Waals surface area contributed by atoms with Crippen LogP contribution in [-0.4, -0.2) is 22.5 Å². The molecule has 0 N–H and O–H groups in total. The molecule has 0 saturated carbocycles. The molecular formula is C17H32OSi2. The van der Waals surface area contributed by atoms with Crippen molar-refractivity contribution in [3.05, 3.63) is 11.6 Å². The summed E-state index contributed by atoms with van der Waals surface area (Å²) in [4.78, 5) is 0. The Hall–Kier alpha value is -0.306.